The zero-order chi connectivity index (χ0) is 17.2. The second-order valence-corrected chi connectivity index (χ2v) is 5.72. The molecule has 1 rings (SSSR count). The highest BCUT2D eigenvalue weighted by molar-refractivity contribution is 5.81. The smallest absolute Gasteiger partial charge is 0.319 e. The molecule has 0 N–H and O–H groups in total. The van der Waals surface area contributed by atoms with Crippen molar-refractivity contribution in [3.05, 3.63) is 0 Å². The molecule has 0 spiro atoms. The lowest BCUT2D eigenvalue weighted by atomic mass is 9.98. The maximum atomic E-state index is 12.5. The van der Waals surface area contributed by atoms with Crippen LogP contribution in [-0.4, -0.2) is 74.1 Å². The van der Waals surface area contributed by atoms with E-state index < -0.39 is 0 Å². The van der Waals surface area contributed by atoms with E-state index in [1.54, 1.807) is 16.7 Å². The van der Waals surface area contributed by atoms with E-state index in [9.17, 15) is 14.4 Å². The Kier molecular flexibility index (Phi) is 8.61. The number of carbonyl (C=O) groups excluding carboxylic acids is 3. The van der Waals surface area contributed by atoms with Gasteiger partial charge in [-0.1, -0.05) is 6.92 Å². The summed E-state index contributed by atoms with van der Waals surface area (Å²) in [5.74, 6) is -0.886. The first-order valence-electron chi connectivity index (χ1n) is 8.25. The van der Waals surface area contributed by atoms with Gasteiger partial charge in [0, 0.05) is 13.1 Å². The number of methoxy groups -OCH3 is 1. The molecule has 0 radical (unpaired) electrons. The Labute approximate surface area is 137 Å². The van der Waals surface area contributed by atoms with Gasteiger partial charge in [0.2, 0.25) is 5.91 Å². The number of amides is 1. The van der Waals surface area contributed by atoms with Crippen LogP contribution >= 0.6 is 0 Å². The Morgan fingerprint density at radius 3 is 2.57 bits per heavy atom. The van der Waals surface area contributed by atoms with Crippen LogP contribution in [0.25, 0.3) is 0 Å². The zero-order valence-corrected chi connectivity index (χ0v) is 14.4. The van der Waals surface area contributed by atoms with Gasteiger partial charge in [-0.25, -0.2) is 0 Å². The first-order chi connectivity index (χ1) is 11.0. The van der Waals surface area contributed by atoms with E-state index in [2.05, 4.69) is 4.74 Å². The molecule has 0 aliphatic carbocycles. The molecule has 0 bridgehead atoms. The largest absolute Gasteiger partial charge is 0.468 e. The zero-order valence-electron chi connectivity index (χ0n) is 14.4. The minimum atomic E-state index is -0.353. The van der Waals surface area contributed by atoms with E-state index >= 15 is 0 Å². The summed E-state index contributed by atoms with van der Waals surface area (Å²) >= 11 is 0. The normalized spacial score (nSPS) is 17.9. The summed E-state index contributed by atoms with van der Waals surface area (Å²) in [5.41, 5.74) is 0. The lowest BCUT2D eigenvalue weighted by molar-refractivity contribution is -0.151. The molecule has 0 aromatic rings. The highest BCUT2D eigenvalue weighted by Gasteiger charge is 2.30. The average molecular weight is 328 g/mol. The van der Waals surface area contributed by atoms with Crippen LogP contribution in [0.15, 0.2) is 0 Å². The fourth-order valence-electron chi connectivity index (χ4n) is 2.72. The summed E-state index contributed by atoms with van der Waals surface area (Å²) < 4.78 is 9.71. The summed E-state index contributed by atoms with van der Waals surface area (Å²) in [7, 11) is 1.34. The second-order valence-electron chi connectivity index (χ2n) is 5.72. The lowest BCUT2D eigenvalue weighted by Crippen LogP contribution is -2.47. The average Bonchev–Trinajstić information content (AvgIpc) is 2.55. The van der Waals surface area contributed by atoms with Crippen LogP contribution < -0.4 is 0 Å². The van der Waals surface area contributed by atoms with Crippen molar-refractivity contribution in [3.63, 3.8) is 0 Å². The van der Waals surface area contributed by atoms with Crippen molar-refractivity contribution in [1.29, 1.82) is 0 Å². The SMILES string of the molecule is CCCN(CC(=O)OC)CC(=O)N1CCC[C@H](C(=O)OCC)C1. The lowest BCUT2D eigenvalue weighted by Gasteiger charge is -2.33. The fourth-order valence-corrected chi connectivity index (χ4v) is 2.72. The van der Waals surface area contributed by atoms with E-state index in [0.717, 1.165) is 19.3 Å². The molecule has 1 aliphatic heterocycles. The molecule has 7 nitrogen and oxygen atoms in total. The van der Waals surface area contributed by atoms with Crippen LogP contribution in [0.3, 0.4) is 0 Å². The van der Waals surface area contributed by atoms with Crippen LogP contribution in [0.5, 0.6) is 0 Å². The molecule has 1 atom stereocenters. The minimum absolute atomic E-state index is 0.0589. The molecule has 7 heteroatoms. The second kappa shape index (κ2) is 10.2. The molecular weight excluding hydrogens is 300 g/mol. The molecular formula is C16H28N2O5. The van der Waals surface area contributed by atoms with Crippen molar-refractivity contribution in [1.82, 2.24) is 9.80 Å². The van der Waals surface area contributed by atoms with Crippen molar-refractivity contribution in [2.75, 3.05) is 46.4 Å². The van der Waals surface area contributed by atoms with Crippen LogP contribution in [0.1, 0.15) is 33.1 Å². The molecule has 0 saturated carbocycles. The standard InChI is InChI=1S/C16H28N2O5/c1-4-8-17(12-15(20)22-3)11-14(19)18-9-6-7-13(10-18)16(21)23-5-2/h13H,4-12H2,1-3H3/t13-/m0/s1. The third-order valence-corrected chi connectivity index (χ3v) is 3.87. The Bertz CT molecular complexity index is 413. The third kappa shape index (κ3) is 6.56. The number of esters is 2. The maximum Gasteiger partial charge on any atom is 0.319 e. The van der Waals surface area contributed by atoms with Crippen LogP contribution in [0.2, 0.25) is 0 Å². The predicted octanol–water partition coefficient (Wildman–Crippen LogP) is 0.673. The Morgan fingerprint density at radius 2 is 1.96 bits per heavy atom. The van der Waals surface area contributed by atoms with Crippen molar-refractivity contribution in [2.45, 2.75) is 33.1 Å². The van der Waals surface area contributed by atoms with Crippen LogP contribution in [0.4, 0.5) is 0 Å². The molecule has 1 amide bonds. The molecule has 1 fully saturated rings. The van der Waals surface area contributed by atoms with Gasteiger partial charge in [0.05, 0.1) is 32.7 Å². The van der Waals surface area contributed by atoms with Gasteiger partial charge in [-0.05, 0) is 32.7 Å². The Hall–Kier alpha value is -1.63. The van der Waals surface area contributed by atoms with Gasteiger partial charge in [0.15, 0.2) is 0 Å². The quantitative estimate of drug-likeness (QED) is 0.610. The Morgan fingerprint density at radius 1 is 1.22 bits per heavy atom. The first kappa shape index (κ1) is 19.4. The van der Waals surface area contributed by atoms with Crippen LogP contribution in [-0.2, 0) is 23.9 Å². The van der Waals surface area contributed by atoms with Gasteiger partial charge in [-0.3, -0.25) is 19.3 Å². The Balaban J connectivity index is 2.56. The molecule has 1 heterocycles. The predicted molar refractivity (Wildman–Crippen MR) is 84.7 cm³/mol. The topological polar surface area (TPSA) is 76.2 Å². The summed E-state index contributed by atoms with van der Waals surface area (Å²) in [5, 5.41) is 0. The van der Waals surface area contributed by atoms with E-state index in [1.165, 1.54) is 7.11 Å². The molecule has 0 aromatic heterocycles. The highest BCUT2D eigenvalue weighted by atomic mass is 16.5. The summed E-state index contributed by atoms with van der Waals surface area (Å²) in [6.45, 7) is 6.08. The number of carbonyl (C=O) groups is 3. The highest BCUT2D eigenvalue weighted by Crippen LogP contribution is 2.18. The number of ether oxygens (including phenoxy) is 2. The van der Waals surface area contributed by atoms with Gasteiger partial charge >= 0.3 is 11.9 Å². The van der Waals surface area contributed by atoms with Crippen LogP contribution in [0, 0.1) is 5.92 Å². The third-order valence-electron chi connectivity index (χ3n) is 3.87. The van der Waals surface area contributed by atoms with Crippen molar-refractivity contribution < 1.29 is 23.9 Å². The van der Waals surface area contributed by atoms with E-state index in [1.807, 2.05) is 6.92 Å². The molecule has 132 valence electrons. The number of nitrogens with zero attached hydrogens (tertiary/aromatic N) is 2. The maximum absolute atomic E-state index is 12.5. The van der Waals surface area contributed by atoms with Crippen molar-refractivity contribution >= 4 is 17.8 Å². The van der Waals surface area contributed by atoms with Gasteiger partial charge in [0.25, 0.3) is 0 Å². The summed E-state index contributed by atoms with van der Waals surface area (Å²) in [6.07, 6.45) is 2.39. The number of likely N-dealkylation sites (tertiary alicyclic amines) is 1. The van der Waals surface area contributed by atoms with E-state index in [0.29, 0.717) is 26.2 Å². The van der Waals surface area contributed by atoms with Crippen molar-refractivity contribution in [3.8, 4) is 0 Å². The molecule has 1 aliphatic rings. The number of hydrogen-bond donors (Lipinski definition) is 0. The molecule has 23 heavy (non-hydrogen) atoms. The first-order valence-corrected chi connectivity index (χ1v) is 8.25. The van der Waals surface area contributed by atoms with Gasteiger partial charge in [-0.15, -0.1) is 0 Å². The number of hydrogen-bond acceptors (Lipinski definition) is 6. The van der Waals surface area contributed by atoms with Gasteiger partial charge in [-0.2, -0.15) is 0 Å². The van der Waals surface area contributed by atoms with Gasteiger partial charge in [0.1, 0.15) is 0 Å². The van der Waals surface area contributed by atoms with E-state index in [-0.39, 0.29) is 36.9 Å². The summed E-state index contributed by atoms with van der Waals surface area (Å²) in [6, 6.07) is 0. The van der Waals surface area contributed by atoms with Gasteiger partial charge < -0.3 is 14.4 Å². The number of piperidine rings is 1. The molecule has 1 saturated heterocycles. The summed E-state index contributed by atoms with van der Waals surface area (Å²) in [4.78, 5) is 39.2. The monoisotopic (exact) mass is 328 g/mol. The fraction of sp³-hybridized carbons (Fsp3) is 0.812. The van der Waals surface area contributed by atoms with Crippen molar-refractivity contribution in [2.24, 2.45) is 5.92 Å². The molecule has 0 aromatic carbocycles. The number of rotatable bonds is 8. The minimum Gasteiger partial charge on any atom is -0.468 e. The van der Waals surface area contributed by atoms with E-state index in [4.69, 9.17) is 4.74 Å². The molecule has 0 unspecified atom stereocenters.